The van der Waals surface area contributed by atoms with Gasteiger partial charge in [0.1, 0.15) is 5.75 Å². The molecule has 26 heavy (non-hydrogen) atoms. The molecule has 2 aliphatic heterocycles. The van der Waals surface area contributed by atoms with Crippen LogP contribution in [0.25, 0.3) is 0 Å². The first-order chi connectivity index (χ1) is 12.6. The number of hydrogen-bond acceptors (Lipinski definition) is 6. The molecule has 142 valence electrons. The third-order valence-corrected chi connectivity index (χ3v) is 4.62. The van der Waals surface area contributed by atoms with Gasteiger partial charge in [-0.1, -0.05) is 0 Å². The van der Waals surface area contributed by atoms with Gasteiger partial charge in [-0.2, -0.15) is 0 Å². The van der Waals surface area contributed by atoms with Crippen LogP contribution in [-0.4, -0.2) is 63.2 Å². The topological polar surface area (TPSA) is 89.1 Å². The van der Waals surface area contributed by atoms with Gasteiger partial charge in [-0.3, -0.25) is 14.5 Å². The van der Waals surface area contributed by atoms with Gasteiger partial charge in [0, 0.05) is 44.7 Å². The van der Waals surface area contributed by atoms with Crippen molar-refractivity contribution in [2.24, 2.45) is 0 Å². The highest BCUT2D eigenvalue weighted by Crippen LogP contribution is 2.37. The van der Waals surface area contributed by atoms with Gasteiger partial charge in [0.15, 0.2) is 11.5 Å². The zero-order valence-electron chi connectivity index (χ0n) is 15.2. The van der Waals surface area contributed by atoms with E-state index in [0.717, 1.165) is 12.0 Å². The molecule has 0 radical (unpaired) electrons. The van der Waals surface area contributed by atoms with E-state index in [1.165, 1.54) is 0 Å². The highest BCUT2D eigenvalue weighted by atomic mass is 16.5. The Morgan fingerprint density at radius 1 is 1.35 bits per heavy atom. The van der Waals surface area contributed by atoms with Crippen LogP contribution in [0.4, 0.5) is 0 Å². The second-order valence-corrected chi connectivity index (χ2v) is 6.32. The molecule has 8 heteroatoms. The van der Waals surface area contributed by atoms with Gasteiger partial charge >= 0.3 is 0 Å². The number of piperazine rings is 1. The Labute approximate surface area is 152 Å². The molecule has 1 aromatic rings. The van der Waals surface area contributed by atoms with Crippen LogP contribution in [0.15, 0.2) is 12.1 Å². The van der Waals surface area contributed by atoms with Gasteiger partial charge in [0.05, 0.1) is 32.8 Å². The number of benzene rings is 1. The molecular weight excluding hydrogens is 338 g/mol. The molecule has 2 aliphatic rings. The predicted molar refractivity (Wildman–Crippen MR) is 94.5 cm³/mol. The van der Waals surface area contributed by atoms with Crippen molar-refractivity contribution in [1.29, 1.82) is 0 Å². The first-order valence-electron chi connectivity index (χ1n) is 8.81. The molecule has 1 atom stereocenters. The average molecular weight is 363 g/mol. The van der Waals surface area contributed by atoms with E-state index in [0.29, 0.717) is 50.1 Å². The lowest BCUT2D eigenvalue weighted by Crippen LogP contribution is -2.56. The quantitative estimate of drug-likeness (QED) is 0.782. The second-order valence-electron chi connectivity index (χ2n) is 6.32. The number of ether oxygens (including phenoxy) is 3. The van der Waals surface area contributed by atoms with E-state index < -0.39 is 6.04 Å². The van der Waals surface area contributed by atoms with Crippen molar-refractivity contribution < 1.29 is 23.8 Å². The fraction of sp³-hybridized carbons (Fsp3) is 0.556. The van der Waals surface area contributed by atoms with Crippen LogP contribution in [0.1, 0.15) is 18.4 Å². The summed E-state index contributed by atoms with van der Waals surface area (Å²) in [5, 5.41) is 5.41. The summed E-state index contributed by atoms with van der Waals surface area (Å²) in [5.41, 5.74) is 0.897. The zero-order valence-corrected chi connectivity index (χ0v) is 15.2. The molecule has 0 aromatic heterocycles. The molecule has 2 amide bonds. The number of hydrogen-bond donors (Lipinski definition) is 2. The largest absolute Gasteiger partial charge is 0.496 e. The molecule has 0 bridgehead atoms. The van der Waals surface area contributed by atoms with Crippen LogP contribution < -0.4 is 24.8 Å². The van der Waals surface area contributed by atoms with E-state index in [-0.39, 0.29) is 18.2 Å². The summed E-state index contributed by atoms with van der Waals surface area (Å²) >= 11 is 0. The molecule has 0 spiro atoms. The standard InChI is InChI=1S/C18H25N3O5/c1-19-17(22)9-13-18(23)20-4-5-21(13)11-12-8-15-16(10-14(12)24-2)26-7-3-6-25-15/h8,10,13H,3-7,9,11H2,1-2H3,(H,19,22)(H,20,23)/t13-/m0/s1. The number of nitrogens with one attached hydrogen (secondary N) is 2. The minimum atomic E-state index is -0.510. The molecule has 1 fully saturated rings. The summed E-state index contributed by atoms with van der Waals surface area (Å²) in [6, 6.07) is 3.22. The number of carbonyl (C=O) groups is 2. The van der Waals surface area contributed by atoms with Gasteiger partial charge in [-0.05, 0) is 6.07 Å². The molecule has 1 aromatic carbocycles. The summed E-state index contributed by atoms with van der Waals surface area (Å²) < 4.78 is 17.0. The first-order valence-corrected chi connectivity index (χ1v) is 8.81. The molecule has 0 aliphatic carbocycles. The summed E-state index contributed by atoms with van der Waals surface area (Å²) in [6.07, 6.45) is 0.946. The minimum absolute atomic E-state index is 0.120. The van der Waals surface area contributed by atoms with Crippen molar-refractivity contribution in [2.45, 2.75) is 25.4 Å². The van der Waals surface area contributed by atoms with E-state index in [4.69, 9.17) is 14.2 Å². The molecule has 8 nitrogen and oxygen atoms in total. The number of carbonyl (C=O) groups excluding carboxylic acids is 2. The lowest BCUT2D eigenvalue weighted by atomic mass is 10.1. The Hall–Kier alpha value is -2.48. The fourth-order valence-electron chi connectivity index (χ4n) is 3.22. The molecule has 2 heterocycles. The van der Waals surface area contributed by atoms with Crippen molar-refractivity contribution in [3.05, 3.63) is 17.7 Å². The minimum Gasteiger partial charge on any atom is -0.496 e. The van der Waals surface area contributed by atoms with E-state index in [1.54, 1.807) is 14.2 Å². The molecule has 2 N–H and O–H groups in total. The molecule has 0 saturated carbocycles. The molecule has 0 unspecified atom stereocenters. The second kappa shape index (κ2) is 8.27. The van der Waals surface area contributed by atoms with Gasteiger partial charge < -0.3 is 24.8 Å². The maximum atomic E-state index is 12.3. The number of nitrogens with zero attached hydrogens (tertiary/aromatic N) is 1. The molecule has 3 rings (SSSR count). The van der Waals surface area contributed by atoms with E-state index in [9.17, 15) is 9.59 Å². The Morgan fingerprint density at radius 3 is 2.77 bits per heavy atom. The van der Waals surface area contributed by atoms with Gasteiger partial charge in [-0.25, -0.2) is 0 Å². The van der Waals surface area contributed by atoms with Crippen molar-refractivity contribution >= 4 is 11.8 Å². The maximum Gasteiger partial charge on any atom is 0.237 e. The van der Waals surface area contributed by atoms with Crippen molar-refractivity contribution in [3.8, 4) is 17.2 Å². The summed E-state index contributed by atoms with van der Waals surface area (Å²) in [6.45, 7) is 2.90. The average Bonchev–Trinajstić information content (AvgIpc) is 2.88. The predicted octanol–water partition coefficient (Wildman–Crippen LogP) is 0.293. The van der Waals surface area contributed by atoms with Gasteiger partial charge in [0.2, 0.25) is 11.8 Å². The zero-order chi connectivity index (χ0) is 18.5. The maximum absolute atomic E-state index is 12.3. The lowest BCUT2D eigenvalue weighted by Gasteiger charge is -2.35. The van der Waals surface area contributed by atoms with Crippen LogP contribution in [0.3, 0.4) is 0 Å². The Bertz CT molecular complexity index is 679. The third kappa shape index (κ3) is 4.01. The highest BCUT2D eigenvalue weighted by molar-refractivity contribution is 5.88. The van der Waals surface area contributed by atoms with Crippen LogP contribution >= 0.6 is 0 Å². The van der Waals surface area contributed by atoms with E-state index in [2.05, 4.69) is 10.6 Å². The van der Waals surface area contributed by atoms with Crippen molar-refractivity contribution in [2.75, 3.05) is 40.5 Å². The van der Waals surface area contributed by atoms with Crippen LogP contribution in [0.5, 0.6) is 17.2 Å². The van der Waals surface area contributed by atoms with Crippen LogP contribution in [0.2, 0.25) is 0 Å². The summed E-state index contributed by atoms with van der Waals surface area (Å²) in [4.78, 5) is 26.1. The number of amides is 2. The summed E-state index contributed by atoms with van der Waals surface area (Å²) in [7, 11) is 3.17. The Kier molecular flexibility index (Phi) is 5.82. The normalized spacial score (nSPS) is 20.1. The van der Waals surface area contributed by atoms with Gasteiger partial charge in [-0.15, -0.1) is 0 Å². The van der Waals surface area contributed by atoms with Gasteiger partial charge in [0.25, 0.3) is 0 Å². The highest BCUT2D eigenvalue weighted by Gasteiger charge is 2.32. The van der Waals surface area contributed by atoms with E-state index >= 15 is 0 Å². The fourth-order valence-corrected chi connectivity index (χ4v) is 3.22. The third-order valence-electron chi connectivity index (χ3n) is 4.62. The number of fused-ring (bicyclic) bond motifs is 1. The van der Waals surface area contributed by atoms with Crippen molar-refractivity contribution in [3.63, 3.8) is 0 Å². The molecular formula is C18H25N3O5. The van der Waals surface area contributed by atoms with Crippen molar-refractivity contribution in [1.82, 2.24) is 15.5 Å². The number of methoxy groups -OCH3 is 1. The Balaban J connectivity index is 1.84. The first kappa shape index (κ1) is 18.3. The Morgan fingerprint density at radius 2 is 2.08 bits per heavy atom. The van der Waals surface area contributed by atoms with E-state index in [1.807, 2.05) is 17.0 Å². The smallest absolute Gasteiger partial charge is 0.237 e. The van der Waals surface area contributed by atoms with Crippen LogP contribution in [0, 0.1) is 0 Å². The summed E-state index contributed by atoms with van der Waals surface area (Å²) in [5.74, 6) is 1.73. The SMILES string of the molecule is CNC(=O)C[C@H]1C(=O)NCCN1Cc1cc2c(cc1OC)OCCCO2. The lowest BCUT2D eigenvalue weighted by molar-refractivity contribution is -0.134. The molecule has 1 saturated heterocycles. The monoisotopic (exact) mass is 363 g/mol. The number of rotatable bonds is 5. The van der Waals surface area contributed by atoms with Crippen LogP contribution in [-0.2, 0) is 16.1 Å².